The lowest BCUT2D eigenvalue weighted by atomic mass is 10.3. The molecule has 5 heteroatoms. The normalized spacial score (nSPS) is 10.2. The first-order valence-corrected chi connectivity index (χ1v) is 5.46. The third kappa shape index (κ3) is 4.59. The summed E-state index contributed by atoms with van der Waals surface area (Å²) in [6.07, 6.45) is 0.349. The zero-order valence-electron chi connectivity index (χ0n) is 9.02. The van der Waals surface area contributed by atoms with Crippen LogP contribution >= 0.6 is 11.6 Å². The van der Waals surface area contributed by atoms with Crippen LogP contribution in [0.25, 0.3) is 0 Å². The standard InChI is InChI=1S/C11H14ClFN2O/c1-2-14-4-3-11(16)15-10-6-8(12)5-9(13)7-10/h5-7,14H,2-4H2,1H3,(H,15,16). The van der Waals surface area contributed by atoms with Gasteiger partial charge in [0.2, 0.25) is 5.91 Å². The van der Waals surface area contributed by atoms with Gasteiger partial charge in [0.25, 0.3) is 0 Å². The Morgan fingerprint density at radius 1 is 1.44 bits per heavy atom. The Hall–Kier alpha value is -1.13. The highest BCUT2D eigenvalue weighted by Gasteiger charge is 2.04. The van der Waals surface area contributed by atoms with E-state index in [9.17, 15) is 9.18 Å². The van der Waals surface area contributed by atoms with Crippen LogP contribution in [0.4, 0.5) is 10.1 Å². The maximum absolute atomic E-state index is 12.9. The van der Waals surface area contributed by atoms with E-state index in [0.29, 0.717) is 18.7 Å². The Morgan fingerprint density at radius 2 is 2.19 bits per heavy atom. The molecule has 0 saturated heterocycles. The van der Waals surface area contributed by atoms with Crippen molar-refractivity contribution in [1.29, 1.82) is 0 Å². The first kappa shape index (κ1) is 12.9. The number of carbonyl (C=O) groups excluding carboxylic acids is 1. The van der Waals surface area contributed by atoms with E-state index in [1.54, 1.807) is 0 Å². The van der Waals surface area contributed by atoms with Crippen LogP contribution in [0.3, 0.4) is 0 Å². The van der Waals surface area contributed by atoms with Crippen molar-refractivity contribution in [3.8, 4) is 0 Å². The number of anilines is 1. The molecule has 2 N–H and O–H groups in total. The molecule has 0 aliphatic carbocycles. The third-order valence-corrected chi connectivity index (χ3v) is 2.14. The zero-order valence-corrected chi connectivity index (χ0v) is 9.77. The highest BCUT2D eigenvalue weighted by atomic mass is 35.5. The lowest BCUT2D eigenvalue weighted by molar-refractivity contribution is -0.116. The van der Waals surface area contributed by atoms with E-state index in [2.05, 4.69) is 10.6 Å². The fourth-order valence-corrected chi connectivity index (χ4v) is 1.45. The van der Waals surface area contributed by atoms with Gasteiger partial charge in [-0.15, -0.1) is 0 Å². The molecule has 0 bridgehead atoms. The second kappa shape index (κ2) is 6.45. The smallest absolute Gasteiger partial charge is 0.225 e. The molecule has 0 spiro atoms. The van der Waals surface area contributed by atoms with Crippen molar-refractivity contribution in [2.75, 3.05) is 18.4 Å². The maximum Gasteiger partial charge on any atom is 0.225 e. The summed E-state index contributed by atoms with van der Waals surface area (Å²) in [5.74, 6) is -0.628. The molecular formula is C11H14ClFN2O. The number of hydrogen-bond donors (Lipinski definition) is 2. The molecular weight excluding hydrogens is 231 g/mol. The van der Waals surface area contributed by atoms with Crippen LogP contribution in [-0.4, -0.2) is 19.0 Å². The van der Waals surface area contributed by atoms with Gasteiger partial charge in [-0.25, -0.2) is 4.39 Å². The van der Waals surface area contributed by atoms with Crippen molar-refractivity contribution in [1.82, 2.24) is 5.32 Å². The van der Waals surface area contributed by atoms with E-state index in [1.807, 2.05) is 6.92 Å². The number of halogens is 2. The van der Waals surface area contributed by atoms with Crippen molar-refractivity contribution in [3.63, 3.8) is 0 Å². The first-order valence-electron chi connectivity index (χ1n) is 5.08. The molecule has 3 nitrogen and oxygen atoms in total. The maximum atomic E-state index is 12.9. The molecule has 0 atom stereocenters. The lowest BCUT2D eigenvalue weighted by Crippen LogP contribution is -2.21. The Bertz CT molecular complexity index is 351. The van der Waals surface area contributed by atoms with Crippen molar-refractivity contribution in [2.24, 2.45) is 0 Å². The summed E-state index contributed by atoms with van der Waals surface area (Å²) >= 11 is 5.66. The average Bonchev–Trinajstić information content (AvgIpc) is 2.16. The minimum atomic E-state index is -0.463. The molecule has 0 saturated carbocycles. The fraction of sp³-hybridized carbons (Fsp3) is 0.364. The van der Waals surface area contributed by atoms with Crippen LogP contribution in [0, 0.1) is 5.82 Å². The largest absolute Gasteiger partial charge is 0.326 e. The number of benzene rings is 1. The molecule has 0 fully saturated rings. The Balaban J connectivity index is 2.49. The van der Waals surface area contributed by atoms with Crippen LogP contribution in [0.1, 0.15) is 13.3 Å². The van der Waals surface area contributed by atoms with Crippen molar-refractivity contribution < 1.29 is 9.18 Å². The monoisotopic (exact) mass is 244 g/mol. The molecule has 1 rings (SSSR count). The molecule has 1 aromatic carbocycles. The number of rotatable bonds is 5. The second-order valence-electron chi connectivity index (χ2n) is 3.31. The van der Waals surface area contributed by atoms with E-state index in [-0.39, 0.29) is 10.9 Å². The lowest BCUT2D eigenvalue weighted by Gasteiger charge is -2.06. The third-order valence-electron chi connectivity index (χ3n) is 1.93. The average molecular weight is 245 g/mol. The summed E-state index contributed by atoms with van der Waals surface area (Å²) in [6, 6.07) is 3.93. The Kier molecular flexibility index (Phi) is 5.22. The molecule has 0 radical (unpaired) electrons. The van der Waals surface area contributed by atoms with Crippen molar-refractivity contribution in [2.45, 2.75) is 13.3 Å². The van der Waals surface area contributed by atoms with Gasteiger partial charge in [-0.05, 0) is 24.7 Å². The molecule has 16 heavy (non-hydrogen) atoms. The summed E-state index contributed by atoms with van der Waals surface area (Å²) < 4.78 is 12.9. The Labute approximate surface area is 99.0 Å². The van der Waals surface area contributed by atoms with Crippen LogP contribution in [0.2, 0.25) is 5.02 Å². The molecule has 1 amide bonds. The van der Waals surface area contributed by atoms with Gasteiger partial charge in [-0.3, -0.25) is 4.79 Å². The van der Waals surface area contributed by atoms with E-state index >= 15 is 0 Å². The van der Waals surface area contributed by atoms with Gasteiger partial charge < -0.3 is 10.6 Å². The topological polar surface area (TPSA) is 41.1 Å². The van der Waals surface area contributed by atoms with Gasteiger partial charge in [0, 0.05) is 23.7 Å². The zero-order chi connectivity index (χ0) is 12.0. The Morgan fingerprint density at radius 3 is 2.81 bits per heavy atom. The summed E-state index contributed by atoms with van der Waals surface area (Å²) in [6.45, 7) is 3.38. The number of amides is 1. The number of nitrogens with one attached hydrogen (secondary N) is 2. The molecule has 0 aliphatic heterocycles. The predicted molar refractivity (Wildman–Crippen MR) is 63.2 cm³/mol. The summed E-state index contributed by atoms with van der Waals surface area (Å²) in [5.41, 5.74) is 0.381. The van der Waals surface area contributed by atoms with Gasteiger partial charge in [-0.1, -0.05) is 18.5 Å². The fourth-order valence-electron chi connectivity index (χ4n) is 1.23. The SMILES string of the molecule is CCNCCC(=O)Nc1cc(F)cc(Cl)c1. The van der Waals surface area contributed by atoms with Gasteiger partial charge in [0.1, 0.15) is 5.82 Å². The number of carbonyl (C=O) groups is 1. The van der Waals surface area contributed by atoms with Crippen molar-refractivity contribution in [3.05, 3.63) is 29.0 Å². The van der Waals surface area contributed by atoms with E-state index in [0.717, 1.165) is 6.54 Å². The number of hydrogen-bond acceptors (Lipinski definition) is 2. The van der Waals surface area contributed by atoms with Gasteiger partial charge >= 0.3 is 0 Å². The summed E-state index contributed by atoms with van der Waals surface area (Å²) in [7, 11) is 0. The van der Waals surface area contributed by atoms with Crippen molar-refractivity contribution >= 4 is 23.2 Å². The van der Waals surface area contributed by atoms with E-state index in [1.165, 1.54) is 18.2 Å². The summed E-state index contributed by atoms with van der Waals surface area (Å²) in [4.78, 5) is 11.4. The van der Waals surface area contributed by atoms with Crippen LogP contribution in [-0.2, 0) is 4.79 Å². The van der Waals surface area contributed by atoms with Crippen LogP contribution < -0.4 is 10.6 Å². The predicted octanol–water partition coefficient (Wildman–Crippen LogP) is 2.42. The van der Waals surface area contributed by atoms with Crippen LogP contribution in [0.15, 0.2) is 18.2 Å². The molecule has 88 valence electrons. The molecule has 0 unspecified atom stereocenters. The first-order chi connectivity index (χ1) is 7.61. The molecule has 0 aromatic heterocycles. The highest BCUT2D eigenvalue weighted by molar-refractivity contribution is 6.30. The molecule has 0 aliphatic rings. The van der Waals surface area contributed by atoms with Crippen LogP contribution in [0.5, 0.6) is 0 Å². The second-order valence-corrected chi connectivity index (χ2v) is 3.75. The molecule has 0 heterocycles. The van der Waals surface area contributed by atoms with E-state index < -0.39 is 5.82 Å². The summed E-state index contributed by atoms with van der Waals surface area (Å²) in [5, 5.41) is 5.87. The minimum Gasteiger partial charge on any atom is -0.326 e. The van der Waals surface area contributed by atoms with Gasteiger partial charge in [0.05, 0.1) is 0 Å². The van der Waals surface area contributed by atoms with Gasteiger partial charge in [0.15, 0.2) is 0 Å². The minimum absolute atomic E-state index is 0.164. The van der Waals surface area contributed by atoms with E-state index in [4.69, 9.17) is 11.6 Å². The van der Waals surface area contributed by atoms with Gasteiger partial charge in [-0.2, -0.15) is 0 Å². The quantitative estimate of drug-likeness (QED) is 0.781. The molecule has 1 aromatic rings. The highest BCUT2D eigenvalue weighted by Crippen LogP contribution is 2.17.